The van der Waals surface area contributed by atoms with Crippen LogP contribution in [0.25, 0.3) is 0 Å². The number of allylic oxidation sites excluding steroid dienone is 20. The van der Waals surface area contributed by atoms with Gasteiger partial charge in [0, 0.05) is 19.3 Å². The van der Waals surface area contributed by atoms with Gasteiger partial charge in [-0.25, -0.2) is 4.79 Å². The van der Waals surface area contributed by atoms with Gasteiger partial charge in [0.05, 0.1) is 6.61 Å². The van der Waals surface area contributed by atoms with Gasteiger partial charge in [0.25, 0.3) is 0 Å². The summed E-state index contributed by atoms with van der Waals surface area (Å²) in [6.07, 6.45) is 61.8. The lowest BCUT2D eigenvalue weighted by Crippen LogP contribution is -2.61. The van der Waals surface area contributed by atoms with Gasteiger partial charge in [-0.2, -0.15) is 0 Å². The van der Waals surface area contributed by atoms with Crippen molar-refractivity contribution in [2.24, 2.45) is 0 Å². The van der Waals surface area contributed by atoms with Crippen LogP contribution in [0.3, 0.4) is 0 Å². The molecule has 0 radical (unpaired) electrons. The molecule has 1 aliphatic rings. The number of carboxylic acids is 1. The van der Waals surface area contributed by atoms with Gasteiger partial charge in [0.15, 0.2) is 24.6 Å². The highest BCUT2D eigenvalue weighted by molar-refractivity contribution is 5.74. The van der Waals surface area contributed by atoms with Gasteiger partial charge < -0.3 is 39.0 Å². The van der Waals surface area contributed by atoms with Gasteiger partial charge >= 0.3 is 23.9 Å². The van der Waals surface area contributed by atoms with Crippen molar-refractivity contribution in [3.05, 3.63) is 122 Å². The Bertz CT molecular complexity index is 1840. The van der Waals surface area contributed by atoms with E-state index in [0.717, 1.165) is 135 Å². The maximum Gasteiger partial charge on any atom is 0.335 e. The van der Waals surface area contributed by atoms with Crippen LogP contribution in [0.15, 0.2) is 122 Å². The summed E-state index contributed by atoms with van der Waals surface area (Å²) in [5.74, 6) is -3.27. The third-order valence-electron chi connectivity index (χ3n) is 13.0. The topological polar surface area (TPSA) is 175 Å². The van der Waals surface area contributed by atoms with Crippen LogP contribution in [-0.4, -0.2) is 89.2 Å². The molecule has 6 atom stereocenters. The zero-order valence-corrected chi connectivity index (χ0v) is 49.1. The summed E-state index contributed by atoms with van der Waals surface area (Å²) in [6, 6.07) is 0. The van der Waals surface area contributed by atoms with E-state index in [2.05, 4.69) is 124 Å². The molecule has 3 N–H and O–H groups in total. The highest BCUT2D eigenvalue weighted by atomic mass is 16.7. The first-order valence-electron chi connectivity index (χ1n) is 30.5. The van der Waals surface area contributed by atoms with E-state index in [4.69, 9.17) is 23.7 Å². The lowest BCUT2D eigenvalue weighted by atomic mass is 9.98. The molecule has 12 nitrogen and oxygen atoms in total. The maximum atomic E-state index is 13.2. The normalized spacial score (nSPS) is 18.7. The molecule has 1 heterocycles. The van der Waals surface area contributed by atoms with Gasteiger partial charge in [0.2, 0.25) is 0 Å². The smallest absolute Gasteiger partial charge is 0.335 e. The number of hydrogen-bond acceptors (Lipinski definition) is 11. The lowest BCUT2D eigenvalue weighted by molar-refractivity contribution is -0.301. The van der Waals surface area contributed by atoms with Crippen LogP contribution in [0, 0.1) is 0 Å². The number of carboxylic acid groups (broad SMARTS) is 1. The van der Waals surface area contributed by atoms with Crippen molar-refractivity contribution in [2.45, 2.75) is 263 Å². The zero-order valence-electron chi connectivity index (χ0n) is 49.1. The molecule has 0 amide bonds. The Morgan fingerprint density at radius 3 is 1.27 bits per heavy atom. The number of aliphatic hydroxyl groups excluding tert-OH is 2. The van der Waals surface area contributed by atoms with Crippen molar-refractivity contribution in [1.29, 1.82) is 0 Å². The van der Waals surface area contributed by atoms with Gasteiger partial charge in [-0.3, -0.25) is 14.4 Å². The Morgan fingerprint density at radius 2 is 0.823 bits per heavy atom. The fraction of sp³-hybridized carbons (Fsp3) is 0.642. The van der Waals surface area contributed by atoms with Crippen molar-refractivity contribution in [1.82, 2.24) is 0 Å². The second-order valence-corrected chi connectivity index (χ2v) is 20.2. The van der Waals surface area contributed by atoms with Gasteiger partial charge in [-0.15, -0.1) is 0 Å². The molecule has 6 unspecified atom stereocenters. The SMILES string of the molecule is CC/C=C\C/C=C\C/C=C\C/C=C\CCC(=O)OC1C(OCC(COC(=O)CCCCCCCC/C=C\C/C=C\C/C=C\CCCCC)OC(=O)CCCCCCCCC/C=C\C/C=C\C/C=C\CC)OC(C(=O)O)C(O)C1O. The second-order valence-electron chi connectivity index (χ2n) is 20.2. The van der Waals surface area contributed by atoms with Crippen LogP contribution in [0.2, 0.25) is 0 Å². The van der Waals surface area contributed by atoms with E-state index in [1.54, 1.807) is 0 Å². The van der Waals surface area contributed by atoms with Crippen LogP contribution in [0.1, 0.15) is 226 Å². The summed E-state index contributed by atoms with van der Waals surface area (Å²) in [5.41, 5.74) is 0. The molecule has 1 aliphatic heterocycles. The van der Waals surface area contributed by atoms with E-state index in [0.29, 0.717) is 25.7 Å². The molecule has 0 aromatic rings. The van der Waals surface area contributed by atoms with Crippen LogP contribution in [0.4, 0.5) is 0 Å². The van der Waals surface area contributed by atoms with E-state index >= 15 is 0 Å². The maximum absolute atomic E-state index is 13.2. The first kappa shape index (κ1) is 72.1. The number of hydrogen-bond donors (Lipinski definition) is 3. The fourth-order valence-electron chi connectivity index (χ4n) is 8.40. The molecule has 0 aromatic heterocycles. The first-order valence-corrected chi connectivity index (χ1v) is 30.5. The number of aliphatic hydroxyl groups is 2. The quantitative estimate of drug-likeness (QED) is 0.0228. The Kier molecular flexibility index (Phi) is 49.1. The van der Waals surface area contributed by atoms with Crippen LogP contribution >= 0.6 is 0 Å². The van der Waals surface area contributed by atoms with Crippen molar-refractivity contribution in [3.63, 3.8) is 0 Å². The van der Waals surface area contributed by atoms with Crippen LogP contribution < -0.4 is 0 Å². The van der Waals surface area contributed by atoms with Crippen molar-refractivity contribution < 1.29 is 58.2 Å². The number of rotatable bonds is 50. The average Bonchev–Trinajstić information content (AvgIpc) is 3.46. The minimum atomic E-state index is -1.94. The summed E-state index contributed by atoms with van der Waals surface area (Å²) in [4.78, 5) is 51.2. The molecule has 0 bridgehead atoms. The third kappa shape index (κ3) is 43.6. The average molecular weight is 1100 g/mol. The minimum Gasteiger partial charge on any atom is -0.479 e. The predicted octanol–water partition coefficient (Wildman–Crippen LogP) is 16.0. The van der Waals surface area contributed by atoms with E-state index in [1.807, 2.05) is 18.2 Å². The van der Waals surface area contributed by atoms with E-state index in [9.17, 15) is 34.5 Å². The Balaban J connectivity index is 2.73. The monoisotopic (exact) mass is 1100 g/mol. The molecule has 446 valence electrons. The number of carbonyl (C=O) groups is 4. The molecule has 0 spiro atoms. The molecule has 1 saturated heterocycles. The fourth-order valence-corrected chi connectivity index (χ4v) is 8.40. The largest absolute Gasteiger partial charge is 0.479 e. The summed E-state index contributed by atoms with van der Waals surface area (Å²) in [5, 5.41) is 31.5. The van der Waals surface area contributed by atoms with E-state index < -0.39 is 67.3 Å². The summed E-state index contributed by atoms with van der Waals surface area (Å²) >= 11 is 0. The highest BCUT2D eigenvalue weighted by Gasteiger charge is 2.50. The van der Waals surface area contributed by atoms with Gasteiger partial charge in [-0.05, 0) is 116 Å². The molecule has 12 heteroatoms. The third-order valence-corrected chi connectivity index (χ3v) is 13.0. The number of ether oxygens (including phenoxy) is 5. The standard InChI is InChI=1S/C67H106O12/c1-4-7-10-13-16-19-22-25-27-29-30-32-33-36-38-41-44-47-50-53-59(68)75-56-58(77-60(69)54-51-48-45-42-40-37-34-31-28-26-23-20-17-14-11-8-5-2)57-76-67-65(63(72)62(71)64(79-67)66(73)74)78-61(70)55-52-49-46-43-39-35-24-21-18-15-12-9-6-3/h8-9,11-12,16-21,25-28,30,32,35,39,46,49,58,62-65,67,71-72H,4-7,10,13-15,22-24,29,31,33-34,36-38,40-45,47-48,50-57H2,1-3H3,(H,73,74)/b11-8-,12-9-,19-16-,20-17-,21-18-,27-25-,28-26-,32-30-,39-35-,49-46-. The second kappa shape index (κ2) is 53.7. The van der Waals surface area contributed by atoms with E-state index in [1.165, 1.54) is 25.7 Å². The molecule has 1 rings (SSSR count). The highest BCUT2D eigenvalue weighted by Crippen LogP contribution is 2.26. The Hall–Kier alpha value is -4.88. The molecule has 0 saturated carbocycles. The van der Waals surface area contributed by atoms with Gasteiger partial charge in [0.1, 0.15) is 18.8 Å². The molecule has 0 aliphatic carbocycles. The van der Waals surface area contributed by atoms with Crippen LogP contribution in [0.5, 0.6) is 0 Å². The first-order chi connectivity index (χ1) is 38.6. The summed E-state index contributed by atoms with van der Waals surface area (Å²) in [7, 11) is 0. The zero-order chi connectivity index (χ0) is 57.5. The van der Waals surface area contributed by atoms with Gasteiger partial charge in [-0.1, -0.05) is 213 Å². The number of unbranched alkanes of at least 4 members (excludes halogenated alkanes) is 16. The molecule has 1 fully saturated rings. The lowest BCUT2D eigenvalue weighted by Gasteiger charge is -2.40. The Labute approximate surface area is 478 Å². The molecular weight excluding hydrogens is 997 g/mol. The molecule has 0 aromatic carbocycles. The minimum absolute atomic E-state index is 0.0691. The van der Waals surface area contributed by atoms with Crippen molar-refractivity contribution >= 4 is 23.9 Å². The van der Waals surface area contributed by atoms with Crippen molar-refractivity contribution in [2.75, 3.05) is 13.2 Å². The predicted molar refractivity (Wildman–Crippen MR) is 321 cm³/mol. The number of aliphatic carboxylic acids is 1. The number of carbonyl (C=O) groups excluding carboxylic acids is 3. The molecule has 79 heavy (non-hydrogen) atoms. The summed E-state index contributed by atoms with van der Waals surface area (Å²) in [6.45, 7) is 5.68. The van der Waals surface area contributed by atoms with E-state index in [-0.39, 0.29) is 25.9 Å². The number of esters is 3. The molecular formula is C67H106O12. The van der Waals surface area contributed by atoms with Crippen molar-refractivity contribution in [3.8, 4) is 0 Å². The van der Waals surface area contributed by atoms with Crippen LogP contribution in [-0.2, 0) is 42.9 Å². The summed E-state index contributed by atoms with van der Waals surface area (Å²) < 4.78 is 28.3. The Morgan fingerprint density at radius 1 is 0.430 bits per heavy atom.